The summed E-state index contributed by atoms with van der Waals surface area (Å²) in [5, 5.41) is 6.33. The standard InChI is InChI=1S/C32H32BrN3O4/c1-19-28(31(38)36-27-13-11-22(33)17-34-27)29(30-23(35-19)15-32(2,3)16-24(30)37)21-10-12-25(39-4)26(14-21)40-18-20-8-6-5-7-9-20/h5-14,17,29,35H,15-16,18H2,1-4H3,(H,34,36,38)/t29-/m0/s1. The number of nitrogens with zero attached hydrogens (tertiary/aromatic N) is 1. The minimum atomic E-state index is -0.583. The summed E-state index contributed by atoms with van der Waals surface area (Å²) in [6, 6.07) is 19.0. The summed E-state index contributed by atoms with van der Waals surface area (Å²) in [5.41, 5.74) is 4.27. The van der Waals surface area contributed by atoms with Crippen LogP contribution in [0.3, 0.4) is 0 Å². The second-order valence-corrected chi connectivity index (χ2v) is 11.8. The third-order valence-corrected chi connectivity index (χ3v) is 7.68. The molecule has 40 heavy (non-hydrogen) atoms. The van der Waals surface area contributed by atoms with Gasteiger partial charge in [0.05, 0.1) is 7.11 Å². The number of nitrogens with one attached hydrogen (secondary N) is 2. The average molecular weight is 603 g/mol. The maximum atomic E-state index is 13.8. The molecule has 2 heterocycles. The Bertz CT molecular complexity index is 1510. The molecule has 0 bridgehead atoms. The van der Waals surface area contributed by atoms with Gasteiger partial charge in [-0.1, -0.05) is 50.2 Å². The van der Waals surface area contributed by atoms with Gasteiger partial charge in [-0.15, -0.1) is 0 Å². The number of ether oxygens (including phenoxy) is 2. The van der Waals surface area contributed by atoms with Gasteiger partial charge in [0.25, 0.3) is 5.91 Å². The van der Waals surface area contributed by atoms with Crippen molar-refractivity contribution in [2.75, 3.05) is 12.4 Å². The van der Waals surface area contributed by atoms with Crippen LogP contribution in [0, 0.1) is 5.41 Å². The molecule has 8 heteroatoms. The topological polar surface area (TPSA) is 89.5 Å². The largest absolute Gasteiger partial charge is 0.493 e. The summed E-state index contributed by atoms with van der Waals surface area (Å²) in [5.74, 6) is 0.664. The molecule has 2 aromatic carbocycles. The van der Waals surface area contributed by atoms with Crippen LogP contribution in [0.5, 0.6) is 11.5 Å². The molecular weight excluding hydrogens is 570 g/mol. The van der Waals surface area contributed by atoms with Crippen molar-refractivity contribution in [1.82, 2.24) is 10.3 Å². The highest BCUT2D eigenvalue weighted by Crippen LogP contribution is 2.48. The average Bonchev–Trinajstić information content (AvgIpc) is 2.92. The smallest absolute Gasteiger partial charge is 0.255 e. The molecule has 1 aliphatic carbocycles. The van der Waals surface area contributed by atoms with Crippen molar-refractivity contribution in [3.8, 4) is 11.5 Å². The van der Waals surface area contributed by atoms with E-state index in [4.69, 9.17) is 9.47 Å². The number of benzene rings is 2. The first-order chi connectivity index (χ1) is 19.1. The maximum absolute atomic E-state index is 13.8. The summed E-state index contributed by atoms with van der Waals surface area (Å²) in [6.07, 6.45) is 2.74. The third-order valence-electron chi connectivity index (χ3n) is 7.21. The van der Waals surface area contributed by atoms with E-state index in [0.29, 0.717) is 53.6 Å². The number of aromatic nitrogens is 1. The molecular formula is C32H32BrN3O4. The van der Waals surface area contributed by atoms with Crippen LogP contribution in [0.25, 0.3) is 0 Å². The minimum Gasteiger partial charge on any atom is -0.493 e. The van der Waals surface area contributed by atoms with Crippen molar-refractivity contribution in [2.24, 2.45) is 5.41 Å². The number of halogens is 1. The van der Waals surface area contributed by atoms with Gasteiger partial charge in [0.1, 0.15) is 12.4 Å². The first kappa shape index (κ1) is 27.6. The lowest BCUT2D eigenvalue weighted by Crippen LogP contribution is -2.39. The predicted molar refractivity (Wildman–Crippen MR) is 158 cm³/mol. The van der Waals surface area contributed by atoms with Gasteiger partial charge in [0, 0.05) is 45.5 Å². The Balaban J connectivity index is 1.57. The number of allylic oxidation sites excluding steroid dienone is 3. The molecule has 1 aliphatic heterocycles. The van der Waals surface area contributed by atoms with Gasteiger partial charge in [-0.05, 0) is 70.1 Å². The van der Waals surface area contributed by atoms with Crippen LogP contribution < -0.4 is 20.1 Å². The lowest BCUT2D eigenvalue weighted by Gasteiger charge is -2.39. The molecule has 2 aliphatic rings. The number of hydrogen-bond acceptors (Lipinski definition) is 6. The van der Waals surface area contributed by atoms with E-state index in [0.717, 1.165) is 21.3 Å². The van der Waals surface area contributed by atoms with Crippen LogP contribution in [-0.2, 0) is 16.2 Å². The van der Waals surface area contributed by atoms with E-state index in [9.17, 15) is 9.59 Å². The van der Waals surface area contributed by atoms with Crippen LogP contribution >= 0.6 is 15.9 Å². The highest BCUT2D eigenvalue weighted by molar-refractivity contribution is 9.10. The number of methoxy groups -OCH3 is 1. The lowest BCUT2D eigenvalue weighted by atomic mass is 9.68. The number of ketones is 1. The van der Waals surface area contributed by atoms with Crippen LogP contribution in [0.1, 0.15) is 50.7 Å². The number of carbonyl (C=O) groups is 2. The molecule has 0 fully saturated rings. The first-order valence-corrected chi connectivity index (χ1v) is 14.0. The Labute approximate surface area is 242 Å². The fourth-order valence-corrected chi connectivity index (χ4v) is 5.66. The molecule has 0 unspecified atom stereocenters. The van der Waals surface area contributed by atoms with Crippen molar-refractivity contribution in [1.29, 1.82) is 0 Å². The van der Waals surface area contributed by atoms with Crippen molar-refractivity contribution in [3.63, 3.8) is 0 Å². The van der Waals surface area contributed by atoms with E-state index in [1.165, 1.54) is 0 Å². The maximum Gasteiger partial charge on any atom is 0.255 e. The molecule has 5 rings (SSSR count). The Morgan fingerprint density at radius 1 is 1.10 bits per heavy atom. The second kappa shape index (κ2) is 11.3. The molecule has 1 atom stereocenters. The Morgan fingerprint density at radius 2 is 1.88 bits per heavy atom. The van der Waals surface area contributed by atoms with Gasteiger partial charge < -0.3 is 20.1 Å². The Morgan fingerprint density at radius 3 is 2.58 bits per heavy atom. The summed E-state index contributed by atoms with van der Waals surface area (Å²) in [4.78, 5) is 31.8. The highest BCUT2D eigenvalue weighted by atomic mass is 79.9. The molecule has 1 aromatic heterocycles. The molecule has 1 amide bonds. The predicted octanol–water partition coefficient (Wildman–Crippen LogP) is 6.67. The van der Waals surface area contributed by atoms with Crippen LogP contribution in [0.15, 0.2) is 93.9 Å². The molecule has 2 N–H and O–H groups in total. The number of amides is 1. The van der Waals surface area contributed by atoms with E-state index < -0.39 is 5.92 Å². The SMILES string of the molecule is COc1ccc([C@H]2C(C(=O)Nc3ccc(Br)cn3)=C(C)NC3=C2C(=O)CC(C)(C)C3)cc1OCc1ccccc1. The van der Waals surface area contributed by atoms with Gasteiger partial charge in [-0.3, -0.25) is 9.59 Å². The van der Waals surface area contributed by atoms with Crippen LogP contribution in [0.4, 0.5) is 5.82 Å². The van der Waals surface area contributed by atoms with Crippen molar-refractivity contribution in [2.45, 2.75) is 46.1 Å². The number of carbonyl (C=O) groups excluding carboxylic acids is 2. The molecule has 0 radical (unpaired) electrons. The summed E-state index contributed by atoms with van der Waals surface area (Å²) in [6.45, 7) is 6.41. The quantitative estimate of drug-likeness (QED) is 0.314. The Kier molecular flexibility index (Phi) is 7.81. The van der Waals surface area contributed by atoms with Gasteiger partial charge in [-0.25, -0.2) is 4.98 Å². The van der Waals surface area contributed by atoms with Crippen LogP contribution in [0.2, 0.25) is 0 Å². The monoisotopic (exact) mass is 601 g/mol. The number of dihydropyridines is 1. The number of rotatable bonds is 7. The van der Waals surface area contributed by atoms with E-state index >= 15 is 0 Å². The molecule has 0 saturated heterocycles. The van der Waals surface area contributed by atoms with Gasteiger partial charge in [-0.2, -0.15) is 0 Å². The second-order valence-electron chi connectivity index (χ2n) is 10.9. The van der Waals surface area contributed by atoms with Crippen molar-refractivity contribution in [3.05, 3.63) is 105 Å². The molecule has 7 nitrogen and oxygen atoms in total. The number of pyridine rings is 1. The zero-order valence-electron chi connectivity index (χ0n) is 23.0. The zero-order chi connectivity index (χ0) is 28.4. The first-order valence-electron chi connectivity index (χ1n) is 13.2. The summed E-state index contributed by atoms with van der Waals surface area (Å²) in [7, 11) is 1.59. The minimum absolute atomic E-state index is 0.0332. The lowest BCUT2D eigenvalue weighted by molar-refractivity contribution is -0.118. The van der Waals surface area contributed by atoms with E-state index in [-0.39, 0.29) is 17.1 Å². The van der Waals surface area contributed by atoms with Crippen LogP contribution in [-0.4, -0.2) is 23.8 Å². The van der Waals surface area contributed by atoms with E-state index in [1.54, 1.807) is 19.4 Å². The fourth-order valence-electron chi connectivity index (χ4n) is 5.42. The number of anilines is 1. The van der Waals surface area contributed by atoms with Gasteiger partial charge in [0.2, 0.25) is 0 Å². The van der Waals surface area contributed by atoms with Crippen molar-refractivity contribution < 1.29 is 19.1 Å². The van der Waals surface area contributed by atoms with Gasteiger partial charge in [0.15, 0.2) is 17.3 Å². The zero-order valence-corrected chi connectivity index (χ0v) is 24.6. The fraction of sp³-hybridized carbons (Fsp3) is 0.281. The molecule has 0 saturated carbocycles. The molecule has 0 spiro atoms. The van der Waals surface area contributed by atoms with Gasteiger partial charge >= 0.3 is 0 Å². The van der Waals surface area contributed by atoms with E-state index in [2.05, 4.69) is 45.4 Å². The Hall–Kier alpha value is -3.91. The van der Waals surface area contributed by atoms with E-state index in [1.807, 2.05) is 61.5 Å². The van der Waals surface area contributed by atoms with Crippen molar-refractivity contribution >= 4 is 33.4 Å². The summed E-state index contributed by atoms with van der Waals surface area (Å²) >= 11 is 3.38. The third kappa shape index (κ3) is 5.82. The normalized spacial score (nSPS) is 18.1. The summed E-state index contributed by atoms with van der Waals surface area (Å²) < 4.78 is 12.6. The molecule has 3 aromatic rings. The molecule has 206 valence electrons. The number of hydrogen-bond donors (Lipinski definition) is 2. The number of Topliss-reactive ketones (excluding diaryl/α,β-unsaturated/α-hetero) is 1. The highest BCUT2D eigenvalue weighted by Gasteiger charge is 2.43.